The molecule has 19 heavy (non-hydrogen) atoms. The number of amides is 1. The van der Waals surface area contributed by atoms with Gasteiger partial charge < -0.3 is 10.1 Å². The number of nitrogens with one attached hydrogen (secondary N) is 1. The monoisotopic (exact) mass is 261 g/mol. The van der Waals surface area contributed by atoms with Crippen LogP contribution < -0.4 is 5.32 Å². The van der Waals surface area contributed by atoms with Crippen LogP contribution in [0, 0.1) is 0 Å². The van der Waals surface area contributed by atoms with Crippen LogP contribution in [0.4, 0.5) is 0 Å². The van der Waals surface area contributed by atoms with Gasteiger partial charge in [-0.1, -0.05) is 43.2 Å². The molecule has 1 saturated carbocycles. The minimum atomic E-state index is -0.111. The second kappa shape index (κ2) is 6.71. The van der Waals surface area contributed by atoms with Crippen molar-refractivity contribution in [2.45, 2.75) is 50.7 Å². The molecule has 3 unspecified atom stereocenters. The van der Waals surface area contributed by atoms with Crippen molar-refractivity contribution >= 4 is 5.91 Å². The van der Waals surface area contributed by atoms with Crippen LogP contribution in [-0.4, -0.2) is 25.2 Å². The topological polar surface area (TPSA) is 38.3 Å². The Balaban J connectivity index is 1.96. The maximum Gasteiger partial charge on any atom is 0.227 e. The molecule has 1 amide bonds. The number of hydrogen-bond donors (Lipinski definition) is 1. The summed E-state index contributed by atoms with van der Waals surface area (Å²) in [6.07, 6.45) is 4.59. The Kier molecular flexibility index (Phi) is 4.97. The fourth-order valence-electron chi connectivity index (χ4n) is 2.74. The Morgan fingerprint density at radius 3 is 2.63 bits per heavy atom. The molecule has 0 heterocycles. The largest absolute Gasteiger partial charge is 0.379 e. The number of carbonyl (C=O) groups excluding carboxylic acids is 1. The van der Waals surface area contributed by atoms with E-state index in [9.17, 15) is 4.79 Å². The number of rotatable bonds is 4. The van der Waals surface area contributed by atoms with Gasteiger partial charge in [-0.3, -0.25) is 4.79 Å². The summed E-state index contributed by atoms with van der Waals surface area (Å²) in [5.41, 5.74) is 1.06. The van der Waals surface area contributed by atoms with Crippen molar-refractivity contribution in [1.82, 2.24) is 5.32 Å². The third-order valence-electron chi connectivity index (χ3n) is 4.03. The molecule has 1 aliphatic rings. The third kappa shape index (κ3) is 3.57. The van der Waals surface area contributed by atoms with Gasteiger partial charge in [0.25, 0.3) is 0 Å². The average molecular weight is 261 g/mol. The molecule has 3 nitrogen and oxygen atoms in total. The highest BCUT2D eigenvalue weighted by Gasteiger charge is 2.27. The molecule has 0 saturated heterocycles. The second-order valence-corrected chi connectivity index (χ2v) is 5.31. The summed E-state index contributed by atoms with van der Waals surface area (Å²) in [7, 11) is 1.73. The number of ether oxygens (including phenoxy) is 1. The van der Waals surface area contributed by atoms with Gasteiger partial charge in [0.2, 0.25) is 5.91 Å². The van der Waals surface area contributed by atoms with Gasteiger partial charge in [0.15, 0.2) is 0 Å². The van der Waals surface area contributed by atoms with E-state index in [1.165, 1.54) is 12.8 Å². The fraction of sp³-hybridized carbons (Fsp3) is 0.562. The van der Waals surface area contributed by atoms with Gasteiger partial charge in [0, 0.05) is 7.11 Å². The van der Waals surface area contributed by atoms with Gasteiger partial charge in [0.05, 0.1) is 18.1 Å². The van der Waals surface area contributed by atoms with Crippen LogP contribution in [0.1, 0.15) is 44.1 Å². The van der Waals surface area contributed by atoms with Crippen molar-refractivity contribution in [3.05, 3.63) is 35.9 Å². The molecule has 2 rings (SSSR count). The first-order valence-corrected chi connectivity index (χ1v) is 7.10. The lowest BCUT2D eigenvalue weighted by Crippen LogP contribution is -2.47. The van der Waals surface area contributed by atoms with E-state index in [2.05, 4.69) is 5.32 Å². The Morgan fingerprint density at radius 1 is 1.26 bits per heavy atom. The van der Waals surface area contributed by atoms with E-state index < -0.39 is 0 Å². The zero-order valence-corrected chi connectivity index (χ0v) is 11.8. The number of methoxy groups -OCH3 is 1. The Bertz CT molecular complexity index is 404. The van der Waals surface area contributed by atoms with Crippen LogP contribution in [0.25, 0.3) is 0 Å². The third-order valence-corrected chi connectivity index (χ3v) is 4.03. The van der Waals surface area contributed by atoms with Crippen molar-refractivity contribution in [3.8, 4) is 0 Å². The fourth-order valence-corrected chi connectivity index (χ4v) is 2.74. The van der Waals surface area contributed by atoms with Gasteiger partial charge in [-0.25, -0.2) is 0 Å². The molecular weight excluding hydrogens is 238 g/mol. The molecular formula is C16H23NO2. The summed E-state index contributed by atoms with van der Waals surface area (Å²) in [5, 5.41) is 3.15. The minimum Gasteiger partial charge on any atom is -0.379 e. The molecule has 104 valence electrons. The Morgan fingerprint density at radius 2 is 1.95 bits per heavy atom. The lowest BCUT2D eigenvalue weighted by molar-refractivity contribution is -0.124. The van der Waals surface area contributed by atoms with E-state index in [0.717, 1.165) is 18.4 Å². The molecule has 1 fully saturated rings. The first kappa shape index (κ1) is 14.1. The van der Waals surface area contributed by atoms with Crippen LogP contribution in [0.5, 0.6) is 0 Å². The molecule has 0 bridgehead atoms. The van der Waals surface area contributed by atoms with E-state index in [1.54, 1.807) is 7.11 Å². The minimum absolute atomic E-state index is 0.0974. The quantitative estimate of drug-likeness (QED) is 0.905. The van der Waals surface area contributed by atoms with Crippen LogP contribution >= 0.6 is 0 Å². The van der Waals surface area contributed by atoms with Crippen LogP contribution in [0.15, 0.2) is 30.3 Å². The van der Waals surface area contributed by atoms with Crippen molar-refractivity contribution in [2.75, 3.05) is 7.11 Å². The molecule has 1 N–H and O–H groups in total. The average Bonchev–Trinajstić information content (AvgIpc) is 2.48. The molecule has 0 aliphatic heterocycles. The zero-order valence-electron chi connectivity index (χ0n) is 11.8. The SMILES string of the molecule is COC1CCCCC1NC(=O)C(C)c1ccccc1. The van der Waals surface area contributed by atoms with Crippen molar-refractivity contribution in [3.63, 3.8) is 0 Å². The summed E-state index contributed by atoms with van der Waals surface area (Å²) in [5.74, 6) is -0.0132. The molecule has 0 aromatic heterocycles. The van der Waals surface area contributed by atoms with Crippen LogP contribution in [0.3, 0.4) is 0 Å². The summed E-state index contributed by atoms with van der Waals surface area (Å²) in [4.78, 5) is 12.3. The highest BCUT2D eigenvalue weighted by atomic mass is 16.5. The molecule has 0 radical (unpaired) electrons. The highest BCUT2D eigenvalue weighted by Crippen LogP contribution is 2.22. The maximum atomic E-state index is 12.3. The maximum absolute atomic E-state index is 12.3. The lowest BCUT2D eigenvalue weighted by atomic mass is 9.91. The summed E-state index contributed by atoms with van der Waals surface area (Å²) in [6.45, 7) is 1.95. The molecule has 3 heteroatoms. The first-order chi connectivity index (χ1) is 9.22. The lowest BCUT2D eigenvalue weighted by Gasteiger charge is -2.31. The number of benzene rings is 1. The Labute approximate surface area is 115 Å². The molecule has 1 aliphatic carbocycles. The first-order valence-electron chi connectivity index (χ1n) is 7.10. The van der Waals surface area contributed by atoms with E-state index in [4.69, 9.17) is 4.74 Å². The predicted molar refractivity (Wildman–Crippen MR) is 76.1 cm³/mol. The van der Waals surface area contributed by atoms with Gasteiger partial charge in [-0.05, 0) is 25.3 Å². The van der Waals surface area contributed by atoms with Gasteiger partial charge >= 0.3 is 0 Å². The second-order valence-electron chi connectivity index (χ2n) is 5.31. The van der Waals surface area contributed by atoms with Gasteiger partial charge in [-0.15, -0.1) is 0 Å². The van der Waals surface area contributed by atoms with Gasteiger partial charge in [-0.2, -0.15) is 0 Å². The molecule has 1 aromatic carbocycles. The summed E-state index contributed by atoms with van der Waals surface area (Å²) >= 11 is 0. The molecule has 0 spiro atoms. The normalized spacial score (nSPS) is 24.7. The van der Waals surface area contributed by atoms with E-state index >= 15 is 0 Å². The Hall–Kier alpha value is -1.35. The molecule has 3 atom stereocenters. The summed E-state index contributed by atoms with van der Waals surface area (Å²) < 4.78 is 5.48. The van der Waals surface area contributed by atoms with E-state index in [1.807, 2.05) is 37.3 Å². The smallest absolute Gasteiger partial charge is 0.227 e. The number of carbonyl (C=O) groups is 1. The summed E-state index contributed by atoms with van der Waals surface area (Å²) in [6, 6.07) is 10.1. The highest BCUT2D eigenvalue weighted by molar-refractivity contribution is 5.83. The van der Waals surface area contributed by atoms with Crippen molar-refractivity contribution < 1.29 is 9.53 Å². The van der Waals surface area contributed by atoms with Crippen molar-refractivity contribution in [1.29, 1.82) is 0 Å². The van der Waals surface area contributed by atoms with Crippen LogP contribution in [-0.2, 0) is 9.53 Å². The number of hydrogen-bond acceptors (Lipinski definition) is 2. The van der Waals surface area contributed by atoms with E-state index in [-0.39, 0.29) is 24.0 Å². The van der Waals surface area contributed by atoms with Gasteiger partial charge in [0.1, 0.15) is 0 Å². The molecule has 1 aromatic rings. The van der Waals surface area contributed by atoms with Crippen molar-refractivity contribution in [2.24, 2.45) is 0 Å². The van der Waals surface area contributed by atoms with Crippen LogP contribution in [0.2, 0.25) is 0 Å². The zero-order chi connectivity index (χ0) is 13.7. The standard InChI is InChI=1S/C16H23NO2/c1-12(13-8-4-3-5-9-13)16(18)17-14-10-6-7-11-15(14)19-2/h3-5,8-9,12,14-15H,6-7,10-11H2,1-2H3,(H,17,18). The van der Waals surface area contributed by atoms with E-state index in [0.29, 0.717) is 0 Å². The predicted octanol–water partition coefficient (Wildman–Crippen LogP) is 2.86.